The molecule has 0 bridgehead atoms. The van der Waals surface area contributed by atoms with E-state index in [-0.39, 0.29) is 11.1 Å². The van der Waals surface area contributed by atoms with Crippen LogP contribution in [0.1, 0.15) is 26.3 Å². The smallest absolute Gasteiger partial charge is 0.268 e. The molecule has 2 rings (SSSR count). The first kappa shape index (κ1) is 15.8. The van der Waals surface area contributed by atoms with Gasteiger partial charge in [0.1, 0.15) is 17.4 Å². The summed E-state index contributed by atoms with van der Waals surface area (Å²) in [7, 11) is 0. The van der Waals surface area contributed by atoms with Gasteiger partial charge < -0.3 is 9.30 Å². The summed E-state index contributed by atoms with van der Waals surface area (Å²) in [4.78, 5) is 12.3. The Morgan fingerprint density at radius 2 is 1.95 bits per heavy atom. The van der Waals surface area contributed by atoms with Crippen LogP contribution in [0.5, 0.6) is 5.75 Å². The van der Waals surface area contributed by atoms with E-state index in [1.54, 1.807) is 16.7 Å². The van der Waals surface area contributed by atoms with Crippen molar-refractivity contribution in [3.05, 3.63) is 52.3 Å². The fourth-order valence-electron chi connectivity index (χ4n) is 2.27. The molecule has 0 fully saturated rings. The molecule has 0 radical (unpaired) electrons. The molecule has 0 aliphatic heterocycles. The summed E-state index contributed by atoms with van der Waals surface area (Å²) in [5.74, 6) is 1.17. The summed E-state index contributed by atoms with van der Waals surface area (Å²) in [6.45, 7) is 7.19. The highest BCUT2D eigenvalue weighted by molar-refractivity contribution is 5.68. The van der Waals surface area contributed by atoms with Crippen LogP contribution in [-0.2, 0) is 6.54 Å². The number of para-hydroxylation sites is 1. The van der Waals surface area contributed by atoms with Crippen LogP contribution in [0.4, 0.5) is 0 Å². The molecule has 22 heavy (non-hydrogen) atoms. The molecule has 0 saturated heterocycles. The van der Waals surface area contributed by atoms with E-state index in [4.69, 9.17) is 10.00 Å². The van der Waals surface area contributed by atoms with E-state index < -0.39 is 0 Å². The van der Waals surface area contributed by atoms with Crippen molar-refractivity contribution < 1.29 is 4.74 Å². The van der Waals surface area contributed by atoms with Crippen molar-refractivity contribution >= 4 is 0 Å². The molecule has 2 aromatic rings. The molecular formula is C18H20N2O2. The zero-order valence-corrected chi connectivity index (χ0v) is 13.2. The summed E-state index contributed by atoms with van der Waals surface area (Å²) in [5, 5.41) is 9.01. The molecule has 1 aromatic heterocycles. The van der Waals surface area contributed by atoms with Gasteiger partial charge in [0.2, 0.25) is 0 Å². The highest BCUT2D eigenvalue weighted by Crippen LogP contribution is 2.29. The minimum Gasteiger partial charge on any atom is -0.493 e. The highest BCUT2D eigenvalue weighted by atomic mass is 16.5. The van der Waals surface area contributed by atoms with Gasteiger partial charge in [-0.25, -0.2) is 0 Å². The van der Waals surface area contributed by atoms with E-state index in [0.29, 0.717) is 19.1 Å². The van der Waals surface area contributed by atoms with Crippen molar-refractivity contribution in [1.82, 2.24) is 4.57 Å². The third-order valence-electron chi connectivity index (χ3n) is 3.35. The van der Waals surface area contributed by atoms with Gasteiger partial charge in [-0.15, -0.1) is 0 Å². The van der Waals surface area contributed by atoms with E-state index in [9.17, 15) is 4.79 Å². The van der Waals surface area contributed by atoms with Crippen LogP contribution in [0.3, 0.4) is 0 Å². The number of hydrogen-bond acceptors (Lipinski definition) is 3. The monoisotopic (exact) mass is 296 g/mol. The summed E-state index contributed by atoms with van der Waals surface area (Å²) in [5.41, 5.74) is 1.53. The van der Waals surface area contributed by atoms with Gasteiger partial charge in [0, 0.05) is 12.1 Å². The number of nitriles is 1. The van der Waals surface area contributed by atoms with Crippen LogP contribution in [0.2, 0.25) is 0 Å². The largest absolute Gasteiger partial charge is 0.493 e. The van der Waals surface area contributed by atoms with Gasteiger partial charge in [0.15, 0.2) is 0 Å². The van der Waals surface area contributed by atoms with Gasteiger partial charge in [0.25, 0.3) is 5.56 Å². The second-order valence-corrected chi connectivity index (χ2v) is 5.49. The maximum absolute atomic E-state index is 12.3. The van der Waals surface area contributed by atoms with Crippen LogP contribution in [0, 0.1) is 17.2 Å². The lowest BCUT2D eigenvalue weighted by atomic mass is 10.1. The Morgan fingerprint density at radius 3 is 2.59 bits per heavy atom. The van der Waals surface area contributed by atoms with Gasteiger partial charge >= 0.3 is 0 Å². The summed E-state index contributed by atoms with van der Waals surface area (Å²) >= 11 is 0. The molecule has 0 aliphatic carbocycles. The van der Waals surface area contributed by atoms with Crippen molar-refractivity contribution in [1.29, 1.82) is 5.26 Å². The van der Waals surface area contributed by atoms with E-state index in [0.717, 1.165) is 17.0 Å². The first-order valence-electron chi connectivity index (χ1n) is 7.44. The average molecular weight is 296 g/mol. The molecule has 0 aliphatic rings. The molecule has 0 unspecified atom stereocenters. The predicted octanol–water partition coefficient (Wildman–Crippen LogP) is 3.44. The number of aromatic nitrogens is 1. The lowest BCUT2D eigenvalue weighted by Crippen LogP contribution is -2.23. The van der Waals surface area contributed by atoms with E-state index >= 15 is 0 Å². The molecule has 1 heterocycles. The van der Waals surface area contributed by atoms with Crippen LogP contribution in [0.25, 0.3) is 11.3 Å². The molecule has 1 aromatic carbocycles. The lowest BCUT2D eigenvalue weighted by Gasteiger charge is -2.16. The maximum Gasteiger partial charge on any atom is 0.268 e. The minimum absolute atomic E-state index is 0.158. The van der Waals surface area contributed by atoms with Crippen molar-refractivity contribution in [2.75, 3.05) is 6.61 Å². The number of pyridine rings is 1. The number of benzene rings is 1. The van der Waals surface area contributed by atoms with Crippen LogP contribution >= 0.6 is 0 Å². The second-order valence-electron chi connectivity index (χ2n) is 5.49. The van der Waals surface area contributed by atoms with Crippen molar-refractivity contribution in [3.63, 3.8) is 0 Å². The quantitative estimate of drug-likeness (QED) is 0.849. The van der Waals surface area contributed by atoms with Gasteiger partial charge in [-0.05, 0) is 37.1 Å². The Balaban J connectivity index is 2.56. The maximum atomic E-state index is 12.3. The van der Waals surface area contributed by atoms with E-state index in [2.05, 4.69) is 13.8 Å². The van der Waals surface area contributed by atoms with Gasteiger partial charge in [-0.1, -0.05) is 26.0 Å². The van der Waals surface area contributed by atoms with Crippen LogP contribution in [0.15, 0.2) is 41.2 Å². The zero-order chi connectivity index (χ0) is 16.1. The van der Waals surface area contributed by atoms with Gasteiger partial charge in [0.05, 0.1) is 12.3 Å². The molecule has 4 heteroatoms. The van der Waals surface area contributed by atoms with Crippen molar-refractivity contribution in [2.24, 2.45) is 5.92 Å². The fourth-order valence-corrected chi connectivity index (χ4v) is 2.27. The second kappa shape index (κ2) is 6.95. The first-order valence-corrected chi connectivity index (χ1v) is 7.44. The Bertz CT molecular complexity index is 754. The molecule has 0 spiro atoms. The first-order chi connectivity index (χ1) is 10.6. The lowest BCUT2D eigenvalue weighted by molar-refractivity contribution is 0.272. The molecule has 0 atom stereocenters. The number of ether oxygens (including phenoxy) is 1. The Hall–Kier alpha value is -2.54. The van der Waals surface area contributed by atoms with E-state index in [1.807, 2.05) is 37.3 Å². The molecule has 114 valence electrons. The third kappa shape index (κ3) is 3.20. The minimum atomic E-state index is -0.263. The average Bonchev–Trinajstić information content (AvgIpc) is 2.53. The highest BCUT2D eigenvalue weighted by Gasteiger charge is 2.13. The fraction of sp³-hybridized carbons (Fsp3) is 0.333. The SMILES string of the molecule is CCn1c(-c2ccccc2OCC(C)C)ccc(C#N)c1=O. The third-order valence-corrected chi connectivity index (χ3v) is 3.35. The molecule has 0 N–H and O–H groups in total. The van der Waals surface area contributed by atoms with Crippen molar-refractivity contribution in [3.8, 4) is 23.1 Å². The number of nitrogens with zero attached hydrogens (tertiary/aromatic N) is 2. The normalized spacial score (nSPS) is 10.5. The van der Waals surface area contributed by atoms with Crippen LogP contribution in [-0.4, -0.2) is 11.2 Å². The predicted molar refractivity (Wildman–Crippen MR) is 86.9 cm³/mol. The van der Waals surface area contributed by atoms with Crippen LogP contribution < -0.4 is 10.3 Å². The standard InChI is InChI=1S/C18H20N2O2/c1-4-20-16(10-9-14(11-19)18(20)21)15-7-5-6-8-17(15)22-12-13(2)3/h5-10,13H,4,12H2,1-3H3. The Kier molecular flexibility index (Phi) is 5.00. The van der Waals surface area contributed by atoms with E-state index in [1.165, 1.54) is 0 Å². The molecule has 0 saturated carbocycles. The number of hydrogen-bond donors (Lipinski definition) is 0. The molecule has 4 nitrogen and oxygen atoms in total. The Labute approximate surface area is 130 Å². The number of rotatable bonds is 5. The summed E-state index contributed by atoms with van der Waals surface area (Å²) in [6.07, 6.45) is 0. The summed E-state index contributed by atoms with van der Waals surface area (Å²) < 4.78 is 7.48. The molecule has 0 amide bonds. The van der Waals surface area contributed by atoms with Gasteiger partial charge in [-0.2, -0.15) is 5.26 Å². The van der Waals surface area contributed by atoms with Crippen molar-refractivity contribution in [2.45, 2.75) is 27.3 Å². The molecular weight excluding hydrogens is 276 g/mol. The zero-order valence-electron chi connectivity index (χ0n) is 13.2. The van der Waals surface area contributed by atoms with Gasteiger partial charge in [-0.3, -0.25) is 4.79 Å². The Morgan fingerprint density at radius 1 is 1.23 bits per heavy atom. The topological polar surface area (TPSA) is 55.0 Å². The summed E-state index contributed by atoms with van der Waals surface area (Å²) in [6, 6.07) is 13.0.